The highest BCUT2D eigenvalue weighted by atomic mass is 35.5. The lowest BCUT2D eigenvalue weighted by Crippen LogP contribution is -2.09. The Morgan fingerprint density at radius 3 is 2.55 bits per heavy atom. The third-order valence-electron chi connectivity index (χ3n) is 4.94. The fraction of sp³-hybridized carbons (Fsp3) is 0.0800. The van der Waals surface area contributed by atoms with Crippen molar-refractivity contribution in [1.82, 2.24) is 0 Å². The van der Waals surface area contributed by atoms with E-state index in [9.17, 15) is 4.79 Å². The third kappa shape index (κ3) is 4.46. The van der Waals surface area contributed by atoms with E-state index >= 15 is 0 Å². The zero-order valence-electron chi connectivity index (χ0n) is 16.9. The van der Waals surface area contributed by atoms with E-state index in [1.165, 1.54) is 6.08 Å². The lowest BCUT2D eigenvalue weighted by atomic mass is 9.99. The Labute approximate surface area is 190 Å². The molecule has 4 nitrogen and oxygen atoms in total. The third-order valence-corrected chi connectivity index (χ3v) is 5.49. The lowest BCUT2D eigenvalue weighted by molar-refractivity contribution is -0.111. The molecule has 6 heteroatoms. The number of carbonyl (C=O) groups excluding carboxylic acids is 1. The summed E-state index contributed by atoms with van der Waals surface area (Å²) in [6, 6.07) is 18.7. The predicted octanol–water partition coefficient (Wildman–Crippen LogP) is 7.46. The van der Waals surface area contributed by atoms with Crippen LogP contribution in [0.1, 0.15) is 12.5 Å². The Morgan fingerprint density at radius 2 is 1.84 bits per heavy atom. The van der Waals surface area contributed by atoms with Crippen molar-refractivity contribution in [1.29, 1.82) is 0 Å². The molecule has 3 aromatic carbocycles. The van der Waals surface area contributed by atoms with Crippen LogP contribution in [0.5, 0.6) is 5.75 Å². The number of ether oxygens (including phenoxy) is 1. The minimum absolute atomic E-state index is 0.306. The molecule has 0 radical (unpaired) electrons. The van der Waals surface area contributed by atoms with E-state index < -0.39 is 0 Å². The molecule has 1 amide bonds. The van der Waals surface area contributed by atoms with Crippen LogP contribution < -0.4 is 10.1 Å². The van der Waals surface area contributed by atoms with E-state index in [0.717, 1.165) is 27.6 Å². The van der Waals surface area contributed by atoms with Crippen molar-refractivity contribution in [3.05, 3.63) is 88.6 Å². The summed E-state index contributed by atoms with van der Waals surface area (Å²) in [4.78, 5) is 12.6. The van der Waals surface area contributed by atoms with Gasteiger partial charge in [0.1, 0.15) is 11.3 Å². The first-order chi connectivity index (χ1) is 15.0. The van der Waals surface area contributed by atoms with Crippen molar-refractivity contribution in [2.45, 2.75) is 6.92 Å². The second-order valence-corrected chi connectivity index (χ2v) is 7.85. The molecular weight excluding hydrogens is 433 g/mol. The molecule has 156 valence electrons. The number of nitrogens with one attached hydrogen (secondary N) is 1. The van der Waals surface area contributed by atoms with Gasteiger partial charge < -0.3 is 14.5 Å². The van der Waals surface area contributed by atoms with Crippen molar-refractivity contribution in [2.24, 2.45) is 0 Å². The molecule has 0 aliphatic heterocycles. The monoisotopic (exact) mass is 451 g/mol. The van der Waals surface area contributed by atoms with E-state index in [2.05, 4.69) is 5.32 Å². The van der Waals surface area contributed by atoms with Gasteiger partial charge >= 0.3 is 0 Å². The molecule has 0 aliphatic rings. The molecule has 1 N–H and O–H groups in total. The highest BCUT2D eigenvalue weighted by Crippen LogP contribution is 2.37. The van der Waals surface area contributed by atoms with Crippen LogP contribution >= 0.6 is 23.2 Å². The number of allylic oxidation sites excluding steroid dienone is 1. The van der Waals surface area contributed by atoms with Gasteiger partial charge in [0.25, 0.3) is 0 Å². The summed E-state index contributed by atoms with van der Waals surface area (Å²) < 4.78 is 11.3. The molecule has 0 unspecified atom stereocenters. The van der Waals surface area contributed by atoms with Crippen molar-refractivity contribution < 1.29 is 13.9 Å². The zero-order chi connectivity index (χ0) is 22.0. The summed E-state index contributed by atoms with van der Waals surface area (Å²) >= 11 is 12.1. The highest BCUT2D eigenvalue weighted by molar-refractivity contribution is 6.36. The van der Waals surface area contributed by atoms with Crippen LogP contribution in [-0.2, 0) is 4.79 Å². The Bertz CT molecular complexity index is 1290. The van der Waals surface area contributed by atoms with Gasteiger partial charge in [0, 0.05) is 33.7 Å². The predicted molar refractivity (Wildman–Crippen MR) is 127 cm³/mol. The molecule has 31 heavy (non-hydrogen) atoms. The Kier molecular flexibility index (Phi) is 6.03. The topological polar surface area (TPSA) is 51.5 Å². The van der Waals surface area contributed by atoms with Gasteiger partial charge in [-0.25, -0.2) is 0 Å². The van der Waals surface area contributed by atoms with Gasteiger partial charge in [-0.3, -0.25) is 4.79 Å². The van der Waals surface area contributed by atoms with Gasteiger partial charge in [0.05, 0.1) is 24.1 Å². The van der Waals surface area contributed by atoms with Gasteiger partial charge in [-0.05, 0) is 42.3 Å². The van der Waals surface area contributed by atoms with E-state index in [1.807, 2.05) is 49.4 Å². The van der Waals surface area contributed by atoms with Gasteiger partial charge in [0.2, 0.25) is 5.91 Å². The van der Waals surface area contributed by atoms with Gasteiger partial charge in [-0.15, -0.1) is 0 Å². The first-order valence-corrected chi connectivity index (χ1v) is 10.3. The number of halogens is 2. The molecule has 0 fully saturated rings. The quantitative estimate of drug-likeness (QED) is 0.320. The number of furan rings is 1. The minimum Gasteiger partial charge on any atom is -0.496 e. The number of hydrogen-bond donors (Lipinski definition) is 1. The number of hydrogen-bond acceptors (Lipinski definition) is 3. The number of benzene rings is 3. The maximum absolute atomic E-state index is 12.6. The van der Waals surface area contributed by atoms with Crippen LogP contribution in [0, 0.1) is 0 Å². The number of amides is 1. The van der Waals surface area contributed by atoms with Crippen LogP contribution in [-0.4, -0.2) is 13.0 Å². The summed E-state index contributed by atoms with van der Waals surface area (Å²) in [5.41, 5.74) is 4.76. The van der Waals surface area contributed by atoms with Crippen molar-refractivity contribution in [3.63, 3.8) is 0 Å². The lowest BCUT2D eigenvalue weighted by Gasteiger charge is -2.11. The van der Waals surface area contributed by atoms with Crippen LogP contribution in [0.2, 0.25) is 10.0 Å². The molecule has 0 atom stereocenters. The number of fused-ring (bicyclic) bond motifs is 1. The van der Waals surface area contributed by atoms with Crippen molar-refractivity contribution >= 4 is 51.3 Å². The number of rotatable bonds is 5. The Hall–Kier alpha value is -3.21. The molecular formula is C25H19Cl2NO3. The summed E-state index contributed by atoms with van der Waals surface area (Å²) in [5, 5.41) is 4.59. The van der Waals surface area contributed by atoms with E-state index in [-0.39, 0.29) is 5.91 Å². The van der Waals surface area contributed by atoms with Crippen LogP contribution in [0.4, 0.5) is 5.69 Å². The molecule has 0 spiro atoms. The number of carbonyl (C=O) groups is 1. The average molecular weight is 452 g/mol. The summed E-state index contributed by atoms with van der Waals surface area (Å²) in [7, 11) is 1.59. The summed E-state index contributed by atoms with van der Waals surface area (Å²) in [5.74, 6) is 0.312. The fourth-order valence-corrected chi connectivity index (χ4v) is 3.86. The van der Waals surface area contributed by atoms with Gasteiger partial charge in [0.15, 0.2) is 0 Å². The molecule has 0 saturated carbocycles. The van der Waals surface area contributed by atoms with E-state index in [4.69, 9.17) is 32.4 Å². The SMILES string of the molecule is COc1cc2occ(-c3ccccc3)c2cc1/C(C)=C/C(=O)Nc1ccc(Cl)cc1Cl. The van der Waals surface area contributed by atoms with Gasteiger partial charge in [-0.2, -0.15) is 0 Å². The van der Waals surface area contributed by atoms with Crippen LogP contribution in [0.15, 0.2) is 77.4 Å². The van der Waals surface area contributed by atoms with E-state index in [1.54, 1.807) is 31.6 Å². The highest BCUT2D eigenvalue weighted by Gasteiger charge is 2.15. The molecule has 0 bridgehead atoms. The van der Waals surface area contributed by atoms with Crippen molar-refractivity contribution in [2.75, 3.05) is 12.4 Å². The van der Waals surface area contributed by atoms with Gasteiger partial charge in [-0.1, -0.05) is 53.5 Å². The molecule has 1 aromatic heterocycles. The molecule has 0 aliphatic carbocycles. The van der Waals surface area contributed by atoms with Crippen molar-refractivity contribution in [3.8, 4) is 16.9 Å². The molecule has 1 heterocycles. The smallest absolute Gasteiger partial charge is 0.248 e. The normalized spacial score (nSPS) is 11.5. The number of anilines is 1. The average Bonchev–Trinajstić information content (AvgIpc) is 3.18. The summed E-state index contributed by atoms with van der Waals surface area (Å²) in [6.45, 7) is 1.86. The Morgan fingerprint density at radius 1 is 1.06 bits per heavy atom. The zero-order valence-corrected chi connectivity index (χ0v) is 18.4. The summed E-state index contributed by atoms with van der Waals surface area (Å²) in [6.07, 6.45) is 3.24. The fourth-order valence-electron chi connectivity index (χ4n) is 3.41. The largest absolute Gasteiger partial charge is 0.496 e. The first-order valence-electron chi connectivity index (χ1n) is 9.55. The maximum atomic E-state index is 12.6. The number of methoxy groups -OCH3 is 1. The van der Waals surface area contributed by atoms with Crippen LogP contribution in [0.3, 0.4) is 0 Å². The van der Waals surface area contributed by atoms with Crippen LogP contribution in [0.25, 0.3) is 27.7 Å². The molecule has 4 aromatic rings. The molecule has 0 saturated heterocycles. The minimum atomic E-state index is -0.306. The second kappa shape index (κ2) is 8.88. The Balaban J connectivity index is 1.70. The maximum Gasteiger partial charge on any atom is 0.248 e. The first kappa shape index (κ1) is 21.0. The second-order valence-electron chi connectivity index (χ2n) is 7.00. The standard InChI is InChI=1S/C25H19Cl2NO3/c1-15(10-25(29)28-22-9-8-17(26)11-21(22)27)18-12-19-20(16-6-4-3-5-7-16)14-31-24(19)13-23(18)30-2/h3-14H,1-2H3,(H,28,29)/b15-10+. The van der Waals surface area contributed by atoms with E-state index in [0.29, 0.717) is 27.1 Å². The molecule has 4 rings (SSSR count).